The molecule has 44 heavy (non-hydrogen) atoms. The molecule has 0 unspecified atom stereocenters. The Morgan fingerprint density at radius 3 is 0.955 bits per heavy atom. The molecule has 6 aromatic carbocycles. The van der Waals surface area contributed by atoms with Crippen LogP contribution in [0.25, 0.3) is 53.9 Å². The summed E-state index contributed by atoms with van der Waals surface area (Å²) in [6.45, 7) is 13.9. The standard InChI is InChI=1S/C42H44Si2/c1-7-43(8-2,9-3)27-25-31-13-17-35-33(29-31)15-19-39-37(35)21-23-42-40-20-16-34-30-32(26-28-44(10-4,11-5)12-6)14-18-36(34)38(40)22-24-41(39)42/h13-24,29-30H,7-12H2,1-6H3. The van der Waals surface area contributed by atoms with E-state index in [4.69, 9.17) is 0 Å². The summed E-state index contributed by atoms with van der Waals surface area (Å²) in [7, 11) is -2.93. The lowest BCUT2D eigenvalue weighted by Gasteiger charge is -2.20. The third kappa shape index (κ3) is 5.26. The van der Waals surface area contributed by atoms with Gasteiger partial charge in [0.05, 0.1) is 0 Å². The molecule has 0 amide bonds. The monoisotopic (exact) mass is 604 g/mol. The highest BCUT2D eigenvalue weighted by Gasteiger charge is 2.25. The molecule has 0 N–H and O–H groups in total. The van der Waals surface area contributed by atoms with Crippen molar-refractivity contribution in [3.8, 4) is 22.9 Å². The summed E-state index contributed by atoms with van der Waals surface area (Å²) in [6, 6.07) is 39.5. The molecular weight excluding hydrogens is 561 g/mol. The van der Waals surface area contributed by atoms with Gasteiger partial charge in [0.15, 0.2) is 0 Å². The molecule has 6 aromatic rings. The van der Waals surface area contributed by atoms with Crippen LogP contribution in [-0.2, 0) is 0 Å². The van der Waals surface area contributed by atoms with E-state index in [0.717, 1.165) is 11.1 Å². The van der Waals surface area contributed by atoms with Crippen LogP contribution in [0.4, 0.5) is 0 Å². The first-order valence-electron chi connectivity index (χ1n) is 16.7. The second-order valence-electron chi connectivity index (χ2n) is 12.6. The third-order valence-electron chi connectivity index (χ3n) is 10.8. The first kappa shape index (κ1) is 30.2. The summed E-state index contributed by atoms with van der Waals surface area (Å²) in [6.07, 6.45) is 0. The highest BCUT2D eigenvalue weighted by molar-refractivity contribution is 6.87. The summed E-state index contributed by atoms with van der Waals surface area (Å²) in [5.41, 5.74) is 9.80. The lowest BCUT2D eigenvalue weighted by molar-refractivity contribution is 1.20. The number of benzene rings is 6. The fourth-order valence-corrected chi connectivity index (χ4v) is 12.0. The SMILES string of the molecule is CC[Si](C#Cc1ccc2c(ccc3c2ccc2c4ccc5cc(C#C[Si](CC)(CC)CC)ccc5c4ccc32)c1)(CC)CC. The molecule has 220 valence electrons. The predicted octanol–water partition coefficient (Wildman–Crippen LogP) is 12.3. The van der Waals surface area contributed by atoms with Crippen LogP contribution in [-0.4, -0.2) is 16.1 Å². The molecule has 0 aliphatic carbocycles. The van der Waals surface area contributed by atoms with Gasteiger partial charge in [-0.3, -0.25) is 0 Å². The fraction of sp³-hybridized carbons (Fsp3) is 0.286. The van der Waals surface area contributed by atoms with Gasteiger partial charge in [0.1, 0.15) is 16.1 Å². The summed E-state index contributed by atoms with van der Waals surface area (Å²) >= 11 is 0. The van der Waals surface area contributed by atoms with Crippen molar-refractivity contribution in [2.24, 2.45) is 0 Å². The normalized spacial score (nSPS) is 12.0. The first-order chi connectivity index (χ1) is 21.4. The number of hydrogen-bond donors (Lipinski definition) is 0. The van der Waals surface area contributed by atoms with E-state index in [2.05, 4.69) is 149 Å². The van der Waals surface area contributed by atoms with E-state index in [1.807, 2.05) is 0 Å². The fourth-order valence-electron chi connectivity index (χ4n) is 7.11. The van der Waals surface area contributed by atoms with Gasteiger partial charge in [0, 0.05) is 11.1 Å². The zero-order chi connectivity index (χ0) is 30.9. The Morgan fingerprint density at radius 1 is 0.364 bits per heavy atom. The van der Waals surface area contributed by atoms with Crippen LogP contribution in [0, 0.1) is 22.9 Å². The number of fused-ring (bicyclic) bond motifs is 9. The minimum atomic E-state index is -1.47. The van der Waals surface area contributed by atoms with Crippen molar-refractivity contribution >= 4 is 70.0 Å². The van der Waals surface area contributed by atoms with Gasteiger partial charge >= 0.3 is 0 Å². The van der Waals surface area contributed by atoms with Crippen LogP contribution in [0.1, 0.15) is 52.7 Å². The molecule has 0 atom stereocenters. The lowest BCUT2D eigenvalue weighted by Crippen LogP contribution is -2.29. The van der Waals surface area contributed by atoms with Crippen molar-refractivity contribution in [2.75, 3.05) is 0 Å². The van der Waals surface area contributed by atoms with Gasteiger partial charge in [-0.05, 0) is 114 Å². The van der Waals surface area contributed by atoms with Crippen molar-refractivity contribution in [3.05, 3.63) is 96.1 Å². The third-order valence-corrected chi connectivity index (χ3v) is 20.3. The highest BCUT2D eigenvalue weighted by Crippen LogP contribution is 2.37. The minimum absolute atomic E-state index is 1.14. The molecule has 0 aromatic heterocycles. The molecule has 0 bridgehead atoms. The molecule has 2 heteroatoms. The molecular formula is C42H44Si2. The van der Waals surface area contributed by atoms with E-state index >= 15 is 0 Å². The van der Waals surface area contributed by atoms with Gasteiger partial charge < -0.3 is 0 Å². The molecule has 0 fully saturated rings. The Kier molecular flexibility index (Phi) is 8.43. The molecule has 0 nitrogen and oxygen atoms in total. The van der Waals surface area contributed by atoms with Crippen LogP contribution in [0.3, 0.4) is 0 Å². The Bertz CT molecular complexity index is 1980. The number of rotatable bonds is 6. The van der Waals surface area contributed by atoms with Crippen molar-refractivity contribution in [3.63, 3.8) is 0 Å². The van der Waals surface area contributed by atoms with Gasteiger partial charge in [-0.1, -0.05) is 114 Å². The Morgan fingerprint density at radius 2 is 0.636 bits per heavy atom. The lowest BCUT2D eigenvalue weighted by atomic mass is 9.92. The van der Waals surface area contributed by atoms with Crippen LogP contribution in [0.5, 0.6) is 0 Å². The Balaban J connectivity index is 1.42. The van der Waals surface area contributed by atoms with Gasteiger partial charge in [0.2, 0.25) is 0 Å². The second-order valence-corrected chi connectivity index (χ2v) is 22.5. The highest BCUT2D eigenvalue weighted by atomic mass is 28.3. The largest absolute Gasteiger partial charge is 0.138 e. The summed E-state index contributed by atoms with van der Waals surface area (Å²) < 4.78 is 0. The van der Waals surface area contributed by atoms with E-state index in [1.54, 1.807) is 0 Å². The minimum Gasteiger partial charge on any atom is -0.126 e. The van der Waals surface area contributed by atoms with Crippen LogP contribution < -0.4 is 0 Å². The first-order valence-corrected chi connectivity index (χ1v) is 22.0. The van der Waals surface area contributed by atoms with E-state index in [0.29, 0.717) is 0 Å². The van der Waals surface area contributed by atoms with E-state index in [9.17, 15) is 0 Å². The molecule has 0 aliphatic rings. The van der Waals surface area contributed by atoms with Crippen LogP contribution >= 0.6 is 0 Å². The maximum Gasteiger partial charge on any atom is 0.138 e. The molecule has 6 rings (SSSR count). The molecule has 0 saturated carbocycles. The van der Waals surface area contributed by atoms with Gasteiger partial charge in [-0.15, -0.1) is 11.1 Å². The van der Waals surface area contributed by atoms with E-state index in [-0.39, 0.29) is 0 Å². The van der Waals surface area contributed by atoms with Gasteiger partial charge in [-0.25, -0.2) is 0 Å². The van der Waals surface area contributed by atoms with Gasteiger partial charge in [-0.2, -0.15) is 0 Å². The van der Waals surface area contributed by atoms with Gasteiger partial charge in [0.25, 0.3) is 0 Å². The van der Waals surface area contributed by atoms with Crippen molar-refractivity contribution in [1.82, 2.24) is 0 Å². The average molecular weight is 605 g/mol. The second kappa shape index (κ2) is 12.3. The Hall–Kier alpha value is -3.83. The molecule has 0 radical (unpaired) electrons. The summed E-state index contributed by atoms with van der Waals surface area (Å²) in [5.74, 6) is 7.15. The maximum atomic E-state index is 3.76. The molecule has 0 saturated heterocycles. The van der Waals surface area contributed by atoms with Crippen molar-refractivity contribution in [2.45, 2.75) is 77.8 Å². The molecule has 0 heterocycles. The number of hydrogen-bond acceptors (Lipinski definition) is 0. The smallest absolute Gasteiger partial charge is 0.126 e. The van der Waals surface area contributed by atoms with Crippen LogP contribution in [0.2, 0.25) is 36.3 Å². The topological polar surface area (TPSA) is 0 Å². The summed E-state index contributed by atoms with van der Waals surface area (Å²) in [5, 5.41) is 13.0. The zero-order valence-electron chi connectivity index (χ0n) is 27.3. The van der Waals surface area contributed by atoms with Crippen molar-refractivity contribution < 1.29 is 0 Å². The Labute approximate surface area is 265 Å². The maximum absolute atomic E-state index is 3.76. The predicted molar refractivity (Wildman–Crippen MR) is 202 cm³/mol. The molecule has 0 spiro atoms. The van der Waals surface area contributed by atoms with Crippen molar-refractivity contribution in [1.29, 1.82) is 0 Å². The quantitative estimate of drug-likeness (QED) is 0.101. The molecule has 0 aliphatic heterocycles. The zero-order valence-corrected chi connectivity index (χ0v) is 29.3. The average Bonchev–Trinajstić information content (AvgIpc) is 3.09. The van der Waals surface area contributed by atoms with Crippen LogP contribution in [0.15, 0.2) is 84.9 Å². The van der Waals surface area contributed by atoms with E-state index < -0.39 is 16.1 Å². The summed E-state index contributed by atoms with van der Waals surface area (Å²) in [4.78, 5) is 0. The van der Waals surface area contributed by atoms with E-state index in [1.165, 1.54) is 90.1 Å².